The summed E-state index contributed by atoms with van der Waals surface area (Å²) >= 11 is 1.58. The Hall–Kier alpha value is -4.10. The number of thiophene rings is 1. The minimum Gasteiger partial charge on any atom is -0.460 e. The smallest absolute Gasteiger partial charge is 0.259 e. The monoisotopic (exact) mass is 439 g/mol. The maximum atomic E-state index is 13.1. The summed E-state index contributed by atoms with van der Waals surface area (Å²) in [7, 11) is 0. The molecule has 4 aromatic heterocycles. The van der Waals surface area contributed by atoms with E-state index in [-0.39, 0.29) is 5.91 Å². The van der Waals surface area contributed by atoms with Gasteiger partial charge in [-0.2, -0.15) is 0 Å². The van der Waals surface area contributed by atoms with Crippen molar-refractivity contribution in [3.63, 3.8) is 0 Å². The molecule has 0 aliphatic rings. The fourth-order valence-electron chi connectivity index (χ4n) is 3.93. The molecular weight excluding hydrogens is 422 g/mol. The number of amides is 1. The number of furan rings is 1. The molecule has 7 heteroatoms. The minimum absolute atomic E-state index is 0.209. The molecule has 1 amide bonds. The lowest BCUT2D eigenvalue weighted by Crippen LogP contribution is -2.12. The average Bonchev–Trinajstić information content (AvgIpc) is 3.51. The van der Waals surface area contributed by atoms with E-state index < -0.39 is 0 Å². The summed E-state index contributed by atoms with van der Waals surface area (Å²) < 4.78 is 13.0. The average molecular weight is 439 g/mol. The third-order valence-electron chi connectivity index (χ3n) is 5.41. The number of aromatic amines is 1. The molecule has 0 radical (unpaired) electrons. The molecule has 0 saturated heterocycles. The highest BCUT2D eigenvalue weighted by Crippen LogP contribution is 2.35. The van der Waals surface area contributed by atoms with E-state index in [4.69, 9.17) is 9.15 Å². The van der Waals surface area contributed by atoms with Gasteiger partial charge in [0.25, 0.3) is 5.91 Å². The zero-order chi connectivity index (χ0) is 21.7. The van der Waals surface area contributed by atoms with Gasteiger partial charge in [0.1, 0.15) is 22.8 Å². The first-order valence-electron chi connectivity index (χ1n) is 10.1. The molecule has 0 unspecified atom stereocenters. The lowest BCUT2D eigenvalue weighted by Gasteiger charge is -2.07. The molecule has 0 atom stereocenters. The zero-order valence-corrected chi connectivity index (χ0v) is 17.8. The van der Waals surface area contributed by atoms with E-state index in [1.54, 1.807) is 24.5 Å². The lowest BCUT2D eigenvalue weighted by molar-refractivity contribution is 0.102. The summed E-state index contributed by atoms with van der Waals surface area (Å²) in [5.74, 6) is 1.73. The highest BCUT2D eigenvalue weighted by atomic mass is 32.1. The van der Waals surface area contributed by atoms with Crippen LogP contribution in [0.2, 0.25) is 0 Å². The van der Waals surface area contributed by atoms with Crippen LogP contribution in [-0.4, -0.2) is 15.9 Å². The highest BCUT2D eigenvalue weighted by Gasteiger charge is 2.19. The predicted molar refractivity (Wildman–Crippen MR) is 127 cm³/mol. The number of aromatic nitrogens is 2. The van der Waals surface area contributed by atoms with E-state index in [2.05, 4.69) is 15.3 Å². The maximum Gasteiger partial charge on any atom is 0.259 e. The molecule has 4 heterocycles. The number of carbonyl (C=O) groups is 1. The Kier molecular flexibility index (Phi) is 4.22. The fraction of sp³-hybridized carbons (Fsp3) is 0.0400. The summed E-state index contributed by atoms with van der Waals surface area (Å²) in [4.78, 5) is 20.6. The number of H-pyrrole nitrogens is 1. The largest absolute Gasteiger partial charge is 0.460 e. The number of fused-ring (bicyclic) bond motifs is 3. The molecule has 0 aliphatic carbocycles. The Morgan fingerprint density at radius 3 is 3.00 bits per heavy atom. The van der Waals surface area contributed by atoms with Gasteiger partial charge < -0.3 is 19.5 Å². The van der Waals surface area contributed by atoms with Crippen LogP contribution in [0.5, 0.6) is 11.5 Å². The van der Waals surface area contributed by atoms with Crippen molar-refractivity contribution in [1.82, 2.24) is 9.97 Å². The van der Waals surface area contributed by atoms with Gasteiger partial charge in [-0.25, -0.2) is 0 Å². The molecule has 6 aromatic rings. The molecule has 156 valence electrons. The number of pyridine rings is 1. The van der Waals surface area contributed by atoms with Crippen LogP contribution in [0.3, 0.4) is 0 Å². The van der Waals surface area contributed by atoms with Gasteiger partial charge in [-0.3, -0.25) is 9.78 Å². The summed E-state index contributed by atoms with van der Waals surface area (Å²) in [6, 6.07) is 17.0. The van der Waals surface area contributed by atoms with Gasteiger partial charge >= 0.3 is 0 Å². The minimum atomic E-state index is -0.209. The van der Waals surface area contributed by atoms with Crippen molar-refractivity contribution in [1.29, 1.82) is 0 Å². The Bertz CT molecular complexity index is 1630. The number of benzene rings is 2. The quantitative estimate of drug-likeness (QED) is 0.314. The number of anilines is 1. The van der Waals surface area contributed by atoms with Gasteiger partial charge in [0.05, 0.1) is 15.8 Å². The maximum absolute atomic E-state index is 13.1. The van der Waals surface area contributed by atoms with Gasteiger partial charge in [0, 0.05) is 46.5 Å². The van der Waals surface area contributed by atoms with Gasteiger partial charge in [0.15, 0.2) is 0 Å². The normalized spacial score (nSPS) is 11.4. The van der Waals surface area contributed by atoms with Crippen molar-refractivity contribution >= 4 is 55.0 Å². The van der Waals surface area contributed by atoms with Crippen molar-refractivity contribution in [3.05, 3.63) is 83.7 Å². The van der Waals surface area contributed by atoms with Crippen molar-refractivity contribution in [2.45, 2.75) is 6.92 Å². The number of carbonyl (C=O) groups excluding carboxylic acids is 1. The summed E-state index contributed by atoms with van der Waals surface area (Å²) in [6.07, 6.45) is 3.60. The molecule has 2 aromatic carbocycles. The number of aryl methyl sites for hydroxylation is 1. The third kappa shape index (κ3) is 3.11. The van der Waals surface area contributed by atoms with E-state index in [1.807, 2.05) is 66.2 Å². The molecule has 6 rings (SSSR count). The SMILES string of the molecule is Cc1oc2cc(Oc3ccnc4ccsc34)ccc2c1C(=O)Nc1ccc2[nH]ccc2c1. The third-order valence-corrected chi connectivity index (χ3v) is 6.33. The van der Waals surface area contributed by atoms with E-state index in [0.717, 1.165) is 37.9 Å². The second-order valence-corrected chi connectivity index (χ2v) is 8.39. The van der Waals surface area contributed by atoms with Crippen LogP contribution in [-0.2, 0) is 0 Å². The fourth-order valence-corrected chi connectivity index (χ4v) is 4.73. The molecule has 2 N–H and O–H groups in total. The number of hydrogen-bond donors (Lipinski definition) is 2. The first kappa shape index (κ1) is 18.7. The number of rotatable bonds is 4. The van der Waals surface area contributed by atoms with E-state index in [9.17, 15) is 4.79 Å². The van der Waals surface area contributed by atoms with Crippen LogP contribution in [0.25, 0.3) is 32.1 Å². The Balaban J connectivity index is 1.31. The van der Waals surface area contributed by atoms with Crippen LogP contribution in [0.15, 0.2) is 76.8 Å². The number of ether oxygens (including phenoxy) is 1. The second-order valence-electron chi connectivity index (χ2n) is 7.47. The first-order chi connectivity index (χ1) is 15.7. The summed E-state index contributed by atoms with van der Waals surface area (Å²) in [5, 5.41) is 6.75. The van der Waals surface area contributed by atoms with Crippen LogP contribution in [0, 0.1) is 6.92 Å². The number of nitrogens with one attached hydrogen (secondary N) is 2. The van der Waals surface area contributed by atoms with Crippen LogP contribution < -0.4 is 10.1 Å². The van der Waals surface area contributed by atoms with Gasteiger partial charge in [-0.1, -0.05) is 0 Å². The molecule has 6 nitrogen and oxygen atoms in total. The van der Waals surface area contributed by atoms with Gasteiger partial charge in [-0.15, -0.1) is 11.3 Å². The Morgan fingerprint density at radius 2 is 2.06 bits per heavy atom. The number of hydrogen-bond acceptors (Lipinski definition) is 5. The molecule has 32 heavy (non-hydrogen) atoms. The standard InChI is InChI=1S/C25H17N3O3S/c1-14-23(25(29)28-16-2-5-19-15(12-16)6-9-26-19)18-4-3-17(13-22(18)30-14)31-21-7-10-27-20-8-11-32-24(20)21/h2-13,26H,1H3,(H,28,29). The van der Waals surface area contributed by atoms with E-state index in [0.29, 0.717) is 22.7 Å². The lowest BCUT2D eigenvalue weighted by atomic mass is 10.1. The molecule has 0 spiro atoms. The van der Waals surface area contributed by atoms with Crippen molar-refractivity contribution < 1.29 is 13.9 Å². The van der Waals surface area contributed by atoms with Crippen molar-refractivity contribution in [2.24, 2.45) is 0 Å². The van der Waals surface area contributed by atoms with Crippen LogP contribution >= 0.6 is 11.3 Å². The van der Waals surface area contributed by atoms with Crippen molar-refractivity contribution in [2.75, 3.05) is 5.32 Å². The van der Waals surface area contributed by atoms with Crippen molar-refractivity contribution in [3.8, 4) is 11.5 Å². The van der Waals surface area contributed by atoms with Gasteiger partial charge in [-0.05, 0) is 54.8 Å². The molecule has 0 aliphatic heterocycles. The number of nitrogens with zero attached hydrogens (tertiary/aromatic N) is 1. The van der Waals surface area contributed by atoms with Gasteiger partial charge in [0.2, 0.25) is 0 Å². The van der Waals surface area contributed by atoms with Crippen LogP contribution in [0.1, 0.15) is 16.1 Å². The molecule has 0 fully saturated rings. The van der Waals surface area contributed by atoms with Crippen LogP contribution in [0.4, 0.5) is 5.69 Å². The zero-order valence-electron chi connectivity index (χ0n) is 17.0. The molecular formula is C25H17N3O3S. The van der Waals surface area contributed by atoms with E-state index in [1.165, 1.54) is 0 Å². The summed E-state index contributed by atoms with van der Waals surface area (Å²) in [6.45, 7) is 1.79. The summed E-state index contributed by atoms with van der Waals surface area (Å²) in [5.41, 5.74) is 3.77. The molecule has 0 saturated carbocycles. The molecule has 0 bridgehead atoms. The second kappa shape index (κ2) is 7.25. The topological polar surface area (TPSA) is 80.2 Å². The van der Waals surface area contributed by atoms with E-state index >= 15 is 0 Å². The Morgan fingerprint density at radius 1 is 1.12 bits per heavy atom. The Labute approximate surface area is 186 Å². The first-order valence-corrected chi connectivity index (χ1v) is 11.0. The highest BCUT2D eigenvalue weighted by molar-refractivity contribution is 7.17. The predicted octanol–water partition coefficient (Wildman–Crippen LogP) is 6.88.